The average molecular weight is 230 g/mol. The highest BCUT2D eigenvalue weighted by Crippen LogP contribution is 2.38. The maximum Gasteiger partial charge on any atom is 0.317 e. The number of hydrogen-bond acceptors (Lipinski definition) is 3. The number of carboxylic acids is 2. The van der Waals surface area contributed by atoms with E-state index in [1.54, 1.807) is 27.7 Å². The minimum absolute atomic E-state index is 0.447. The lowest BCUT2D eigenvalue weighted by Crippen LogP contribution is -2.48. The van der Waals surface area contributed by atoms with Crippen molar-refractivity contribution in [3.8, 4) is 0 Å². The van der Waals surface area contributed by atoms with E-state index in [-0.39, 0.29) is 0 Å². The molecule has 0 bridgehead atoms. The van der Waals surface area contributed by atoms with Crippen LogP contribution < -0.4 is 0 Å². The Morgan fingerprint density at radius 1 is 1.00 bits per heavy atom. The van der Waals surface area contributed by atoms with E-state index in [2.05, 4.69) is 0 Å². The summed E-state index contributed by atoms with van der Waals surface area (Å²) in [6, 6.07) is 0. The molecule has 0 amide bonds. The van der Waals surface area contributed by atoms with Crippen LogP contribution >= 0.6 is 0 Å². The highest BCUT2D eigenvalue weighted by Gasteiger charge is 2.51. The van der Waals surface area contributed by atoms with Gasteiger partial charge in [0.25, 0.3) is 0 Å². The van der Waals surface area contributed by atoms with Crippen LogP contribution in [0.1, 0.15) is 34.1 Å². The Labute approximate surface area is 94.5 Å². The van der Waals surface area contributed by atoms with Gasteiger partial charge < -0.3 is 10.2 Å². The highest BCUT2D eigenvalue weighted by atomic mass is 16.4. The number of rotatable bonds is 6. The molecule has 0 aromatic carbocycles. The third-order valence-corrected chi connectivity index (χ3v) is 2.95. The van der Waals surface area contributed by atoms with Crippen molar-refractivity contribution in [1.82, 2.24) is 0 Å². The van der Waals surface area contributed by atoms with Crippen molar-refractivity contribution in [3.05, 3.63) is 0 Å². The van der Waals surface area contributed by atoms with E-state index in [9.17, 15) is 19.5 Å². The van der Waals surface area contributed by atoms with Crippen LogP contribution in [0.5, 0.6) is 0 Å². The fraction of sp³-hybridized carbons (Fsp3) is 0.727. The van der Waals surface area contributed by atoms with E-state index in [4.69, 9.17) is 5.11 Å². The SMILES string of the molecule is CC(C)C(C(=O)O)(C(=O)CC(=O)O)C(C)C. The standard InChI is InChI=1S/C11H18O5/c1-6(2)11(7(3)4,10(15)16)8(12)5-9(13)14/h6-7H,5H2,1-4H3,(H,13,14)(H,15,16). The molecule has 0 fully saturated rings. The van der Waals surface area contributed by atoms with E-state index in [0.29, 0.717) is 0 Å². The molecule has 5 heteroatoms. The van der Waals surface area contributed by atoms with E-state index in [0.717, 1.165) is 0 Å². The van der Waals surface area contributed by atoms with Crippen molar-refractivity contribution in [3.63, 3.8) is 0 Å². The van der Waals surface area contributed by atoms with Gasteiger partial charge in [-0.05, 0) is 11.8 Å². The van der Waals surface area contributed by atoms with Crippen molar-refractivity contribution >= 4 is 17.7 Å². The number of carboxylic acid groups (broad SMARTS) is 2. The number of hydrogen-bond donors (Lipinski definition) is 2. The summed E-state index contributed by atoms with van der Waals surface area (Å²) >= 11 is 0. The molecule has 92 valence electrons. The Morgan fingerprint density at radius 3 is 1.56 bits per heavy atom. The Hall–Kier alpha value is -1.39. The predicted molar refractivity (Wildman–Crippen MR) is 57.0 cm³/mol. The zero-order valence-electron chi connectivity index (χ0n) is 9.98. The summed E-state index contributed by atoms with van der Waals surface area (Å²) in [4.78, 5) is 33.7. The molecular formula is C11H18O5. The van der Waals surface area contributed by atoms with Gasteiger partial charge in [-0.2, -0.15) is 0 Å². The van der Waals surface area contributed by atoms with Gasteiger partial charge in [-0.15, -0.1) is 0 Å². The number of carbonyl (C=O) groups excluding carboxylic acids is 1. The van der Waals surface area contributed by atoms with Crippen LogP contribution in [-0.4, -0.2) is 27.9 Å². The van der Waals surface area contributed by atoms with E-state index in [1.807, 2.05) is 0 Å². The molecule has 0 aromatic rings. The second-order valence-electron chi connectivity index (χ2n) is 4.48. The summed E-state index contributed by atoms with van der Waals surface area (Å²) in [6.07, 6.45) is -0.747. The summed E-state index contributed by atoms with van der Waals surface area (Å²) in [6.45, 7) is 6.48. The first kappa shape index (κ1) is 14.6. The Balaban J connectivity index is 5.44. The molecule has 2 N–H and O–H groups in total. The monoisotopic (exact) mass is 230 g/mol. The average Bonchev–Trinajstić information content (AvgIpc) is 1.99. The first-order valence-corrected chi connectivity index (χ1v) is 5.15. The van der Waals surface area contributed by atoms with Crippen LogP contribution in [0.4, 0.5) is 0 Å². The van der Waals surface area contributed by atoms with Gasteiger partial charge in [0, 0.05) is 0 Å². The molecule has 5 nitrogen and oxygen atoms in total. The molecule has 0 aliphatic rings. The van der Waals surface area contributed by atoms with Crippen LogP contribution in [0, 0.1) is 17.3 Å². The van der Waals surface area contributed by atoms with Gasteiger partial charge in [-0.25, -0.2) is 0 Å². The number of Topliss-reactive ketones (excluding diaryl/α,β-unsaturated/α-hetero) is 1. The Kier molecular flexibility index (Phi) is 4.65. The maximum atomic E-state index is 11.8. The number of aliphatic carboxylic acids is 2. The lowest BCUT2D eigenvalue weighted by molar-refractivity contribution is -0.163. The summed E-state index contributed by atoms with van der Waals surface area (Å²) in [5, 5.41) is 17.8. The third kappa shape index (κ3) is 2.40. The molecule has 0 atom stereocenters. The molecule has 0 radical (unpaired) electrons. The van der Waals surface area contributed by atoms with Gasteiger partial charge in [0.15, 0.2) is 5.78 Å². The van der Waals surface area contributed by atoms with E-state index < -0.39 is 41.4 Å². The normalized spacial score (nSPS) is 11.9. The maximum absolute atomic E-state index is 11.8. The van der Waals surface area contributed by atoms with Gasteiger partial charge >= 0.3 is 11.9 Å². The third-order valence-electron chi connectivity index (χ3n) is 2.95. The first-order chi connectivity index (χ1) is 7.17. The Bertz CT molecular complexity index is 295. The second-order valence-corrected chi connectivity index (χ2v) is 4.48. The molecular weight excluding hydrogens is 212 g/mol. The largest absolute Gasteiger partial charge is 0.481 e. The molecule has 0 rings (SSSR count). The highest BCUT2D eigenvalue weighted by molar-refractivity contribution is 6.09. The van der Waals surface area contributed by atoms with Crippen LogP contribution in [0.2, 0.25) is 0 Å². The zero-order chi connectivity index (χ0) is 13.1. The van der Waals surface area contributed by atoms with Gasteiger partial charge in [0.2, 0.25) is 0 Å². The topological polar surface area (TPSA) is 91.7 Å². The molecule has 0 unspecified atom stereocenters. The van der Waals surface area contributed by atoms with Crippen molar-refractivity contribution in [2.75, 3.05) is 0 Å². The van der Waals surface area contributed by atoms with Crippen LogP contribution in [0.15, 0.2) is 0 Å². The Morgan fingerprint density at radius 2 is 1.38 bits per heavy atom. The molecule has 16 heavy (non-hydrogen) atoms. The van der Waals surface area contributed by atoms with E-state index >= 15 is 0 Å². The lowest BCUT2D eigenvalue weighted by atomic mass is 9.65. The van der Waals surface area contributed by atoms with Crippen molar-refractivity contribution < 1.29 is 24.6 Å². The van der Waals surface area contributed by atoms with Crippen LogP contribution in [0.3, 0.4) is 0 Å². The van der Waals surface area contributed by atoms with Crippen LogP contribution in [-0.2, 0) is 14.4 Å². The smallest absolute Gasteiger partial charge is 0.317 e. The van der Waals surface area contributed by atoms with Crippen molar-refractivity contribution in [2.45, 2.75) is 34.1 Å². The van der Waals surface area contributed by atoms with Crippen molar-refractivity contribution in [1.29, 1.82) is 0 Å². The molecule has 0 saturated heterocycles. The molecule has 0 saturated carbocycles. The summed E-state index contributed by atoms with van der Waals surface area (Å²) in [5.41, 5.74) is -1.61. The van der Waals surface area contributed by atoms with Gasteiger partial charge in [-0.3, -0.25) is 14.4 Å². The molecule has 0 aliphatic carbocycles. The summed E-state index contributed by atoms with van der Waals surface area (Å²) in [7, 11) is 0. The molecule has 0 aromatic heterocycles. The molecule has 0 heterocycles. The fourth-order valence-corrected chi connectivity index (χ4v) is 2.21. The van der Waals surface area contributed by atoms with Crippen molar-refractivity contribution in [2.24, 2.45) is 17.3 Å². The van der Waals surface area contributed by atoms with Crippen LogP contribution in [0.25, 0.3) is 0 Å². The van der Waals surface area contributed by atoms with E-state index in [1.165, 1.54) is 0 Å². The minimum atomic E-state index is -1.61. The van der Waals surface area contributed by atoms with Gasteiger partial charge in [-0.1, -0.05) is 27.7 Å². The quantitative estimate of drug-likeness (QED) is 0.673. The predicted octanol–water partition coefficient (Wildman–Crippen LogP) is 1.41. The lowest BCUT2D eigenvalue weighted by Gasteiger charge is -2.35. The number of ketones is 1. The minimum Gasteiger partial charge on any atom is -0.481 e. The van der Waals surface area contributed by atoms with Gasteiger partial charge in [0.1, 0.15) is 11.8 Å². The molecule has 0 aliphatic heterocycles. The summed E-state index contributed by atoms with van der Waals surface area (Å²) in [5.74, 6) is -4.17. The fourth-order valence-electron chi connectivity index (χ4n) is 2.21. The zero-order valence-corrected chi connectivity index (χ0v) is 9.98. The number of carbonyl (C=O) groups is 3. The van der Waals surface area contributed by atoms with Gasteiger partial charge in [0.05, 0.1) is 0 Å². The molecule has 0 spiro atoms. The first-order valence-electron chi connectivity index (χ1n) is 5.15. The second kappa shape index (κ2) is 5.09. The summed E-state index contributed by atoms with van der Waals surface area (Å²) < 4.78 is 0.